The van der Waals surface area contributed by atoms with Crippen LogP contribution in [-0.2, 0) is 0 Å². The zero-order chi connectivity index (χ0) is 11.7. The fraction of sp³-hybridized carbons (Fsp3) is 0.917. The molecule has 0 aromatic heterocycles. The van der Waals surface area contributed by atoms with E-state index in [-0.39, 0.29) is 12.0 Å². The molecule has 3 heteroatoms. The second-order valence-corrected chi connectivity index (χ2v) is 4.74. The third-order valence-corrected chi connectivity index (χ3v) is 2.78. The predicted octanol–water partition coefficient (Wildman–Crippen LogP) is 1.92. The molecule has 0 saturated heterocycles. The van der Waals surface area contributed by atoms with Crippen molar-refractivity contribution in [3.05, 3.63) is 0 Å². The molecule has 0 fully saturated rings. The van der Waals surface area contributed by atoms with E-state index in [2.05, 4.69) is 18.3 Å². The third kappa shape index (κ3) is 7.35. The monoisotopic (exact) mass is 212 g/mol. The predicted molar refractivity (Wildman–Crippen MR) is 62.4 cm³/mol. The Balaban J connectivity index is 3.57. The van der Waals surface area contributed by atoms with Crippen molar-refractivity contribution < 1.29 is 5.11 Å². The van der Waals surface area contributed by atoms with Gasteiger partial charge in [0.05, 0.1) is 11.5 Å². The van der Waals surface area contributed by atoms with Gasteiger partial charge in [0.25, 0.3) is 0 Å². The summed E-state index contributed by atoms with van der Waals surface area (Å²) in [5, 5.41) is 21.0. The van der Waals surface area contributed by atoms with Gasteiger partial charge in [0.1, 0.15) is 0 Å². The van der Waals surface area contributed by atoms with Crippen molar-refractivity contribution in [1.29, 1.82) is 5.26 Å². The molecule has 0 bridgehead atoms. The lowest BCUT2D eigenvalue weighted by Gasteiger charge is -2.18. The first-order valence-corrected chi connectivity index (χ1v) is 5.78. The fourth-order valence-electron chi connectivity index (χ4n) is 1.40. The van der Waals surface area contributed by atoms with E-state index >= 15 is 0 Å². The van der Waals surface area contributed by atoms with E-state index in [1.807, 2.05) is 13.8 Å². The van der Waals surface area contributed by atoms with E-state index in [9.17, 15) is 0 Å². The largest absolute Gasteiger partial charge is 0.396 e. The van der Waals surface area contributed by atoms with Crippen molar-refractivity contribution in [2.45, 2.75) is 40.0 Å². The Bertz CT molecular complexity index is 196. The maximum atomic E-state index is 8.82. The number of aliphatic hydroxyl groups excluding tert-OH is 1. The Morgan fingerprint density at radius 3 is 2.60 bits per heavy atom. The number of aliphatic hydroxyl groups is 1. The van der Waals surface area contributed by atoms with E-state index in [0.717, 1.165) is 32.4 Å². The van der Waals surface area contributed by atoms with Crippen LogP contribution in [0.4, 0.5) is 0 Å². The number of nitrogens with zero attached hydrogens (tertiary/aromatic N) is 1. The highest BCUT2D eigenvalue weighted by Gasteiger charge is 2.15. The van der Waals surface area contributed by atoms with Gasteiger partial charge in [-0.05, 0) is 45.7 Å². The molecule has 0 spiro atoms. The Morgan fingerprint density at radius 1 is 1.47 bits per heavy atom. The van der Waals surface area contributed by atoms with E-state index in [0.29, 0.717) is 5.92 Å². The van der Waals surface area contributed by atoms with Crippen molar-refractivity contribution in [2.24, 2.45) is 11.3 Å². The van der Waals surface area contributed by atoms with Crippen LogP contribution in [-0.4, -0.2) is 24.8 Å². The van der Waals surface area contributed by atoms with Crippen molar-refractivity contribution in [3.63, 3.8) is 0 Å². The first-order valence-electron chi connectivity index (χ1n) is 5.78. The van der Waals surface area contributed by atoms with Crippen LogP contribution < -0.4 is 5.32 Å². The molecule has 2 N–H and O–H groups in total. The van der Waals surface area contributed by atoms with Crippen LogP contribution in [0.2, 0.25) is 0 Å². The molecule has 0 saturated carbocycles. The molecular formula is C12H24N2O. The van der Waals surface area contributed by atoms with Crippen LogP contribution in [0.25, 0.3) is 0 Å². The summed E-state index contributed by atoms with van der Waals surface area (Å²) in [7, 11) is 0. The SMILES string of the molecule is CCC(CCO)CNCCC(C)(C)C#N. The quantitative estimate of drug-likeness (QED) is 0.604. The van der Waals surface area contributed by atoms with Crippen molar-refractivity contribution >= 4 is 0 Å². The second-order valence-electron chi connectivity index (χ2n) is 4.74. The lowest BCUT2D eigenvalue weighted by atomic mass is 9.91. The first kappa shape index (κ1) is 14.4. The average Bonchev–Trinajstić information content (AvgIpc) is 2.22. The van der Waals surface area contributed by atoms with Crippen LogP contribution in [0.1, 0.15) is 40.0 Å². The second kappa shape index (κ2) is 7.67. The van der Waals surface area contributed by atoms with E-state index in [4.69, 9.17) is 10.4 Å². The smallest absolute Gasteiger partial charge is 0.0684 e. The molecule has 0 aliphatic heterocycles. The van der Waals surface area contributed by atoms with E-state index in [1.165, 1.54) is 0 Å². The number of hydrogen-bond acceptors (Lipinski definition) is 3. The molecule has 0 aromatic rings. The molecule has 15 heavy (non-hydrogen) atoms. The lowest BCUT2D eigenvalue weighted by molar-refractivity contribution is 0.250. The topological polar surface area (TPSA) is 56.0 Å². The standard InChI is InChI=1S/C12H24N2O/c1-4-11(5-8-15)9-14-7-6-12(2,3)10-13/h11,14-15H,4-9H2,1-3H3. The molecule has 0 aromatic carbocycles. The normalized spacial score (nSPS) is 13.5. The zero-order valence-electron chi connectivity index (χ0n) is 10.2. The minimum atomic E-state index is -0.230. The van der Waals surface area contributed by atoms with Crippen LogP contribution in [0.15, 0.2) is 0 Å². The maximum Gasteiger partial charge on any atom is 0.0684 e. The van der Waals surface area contributed by atoms with E-state index < -0.39 is 0 Å². The summed E-state index contributed by atoms with van der Waals surface area (Å²) < 4.78 is 0. The molecule has 0 aliphatic carbocycles. The summed E-state index contributed by atoms with van der Waals surface area (Å²) in [5.41, 5.74) is -0.230. The molecule has 0 aliphatic rings. The molecule has 0 rings (SSSR count). The van der Waals surface area contributed by atoms with Crippen LogP contribution >= 0.6 is 0 Å². The highest BCUT2D eigenvalue weighted by molar-refractivity contribution is 4.91. The van der Waals surface area contributed by atoms with Gasteiger partial charge in [-0.25, -0.2) is 0 Å². The first-order chi connectivity index (χ1) is 7.05. The Hall–Kier alpha value is -0.590. The van der Waals surface area contributed by atoms with Gasteiger partial charge in [0.15, 0.2) is 0 Å². The molecule has 1 atom stereocenters. The summed E-state index contributed by atoms with van der Waals surface area (Å²) in [5.74, 6) is 0.556. The molecule has 1 unspecified atom stereocenters. The summed E-state index contributed by atoms with van der Waals surface area (Å²) in [4.78, 5) is 0. The van der Waals surface area contributed by atoms with Gasteiger partial charge in [-0.1, -0.05) is 13.3 Å². The summed E-state index contributed by atoms with van der Waals surface area (Å²) in [6, 6.07) is 2.29. The molecular weight excluding hydrogens is 188 g/mol. The number of hydrogen-bond donors (Lipinski definition) is 2. The highest BCUT2D eigenvalue weighted by Crippen LogP contribution is 2.17. The zero-order valence-corrected chi connectivity index (χ0v) is 10.2. The minimum absolute atomic E-state index is 0.230. The van der Waals surface area contributed by atoms with Gasteiger partial charge >= 0.3 is 0 Å². The van der Waals surface area contributed by atoms with Crippen LogP contribution in [0, 0.1) is 22.7 Å². The number of rotatable bonds is 8. The van der Waals surface area contributed by atoms with Gasteiger partial charge in [-0.15, -0.1) is 0 Å². The maximum absolute atomic E-state index is 8.82. The number of nitrogens with one attached hydrogen (secondary N) is 1. The van der Waals surface area contributed by atoms with Crippen molar-refractivity contribution in [1.82, 2.24) is 5.32 Å². The molecule has 0 heterocycles. The Labute approximate surface area is 93.5 Å². The fourth-order valence-corrected chi connectivity index (χ4v) is 1.40. The summed E-state index contributed by atoms with van der Waals surface area (Å²) in [6.45, 7) is 8.14. The van der Waals surface area contributed by atoms with Crippen molar-refractivity contribution in [3.8, 4) is 6.07 Å². The third-order valence-electron chi connectivity index (χ3n) is 2.78. The Kier molecular flexibility index (Phi) is 7.37. The molecule has 3 nitrogen and oxygen atoms in total. The summed E-state index contributed by atoms with van der Waals surface area (Å²) in [6.07, 6.45) is 2.83. The summed E-state index contributed by atoms with van der Waals surface area (Å²) >= 11 is 0. The van der Waals surface area contributed by atoms with Gasteiger partial charge < -0.3 is 10.4 Å². The molecule has 0 amide bonds. The van der Waals surface area contributed by atoms with Gasteiger partial charge in [-0.3, -0.25) is 0 Å². The van der Waals surface area contributed by atoms with E-state index in [1.54, 1.807) is 0 Å². The Morgan fingerprint density at radius 2 is 2.13 bits per heavy atom. The van der Waals surface area contributed by atoms with Gasteiger partial charge in [0.2, 0.25) is 0 Å². The highest BCUT2D eigenvalue weighted by atomic mass is 16.3. The lowest BCUT2D eigenvalue weighted by Crippen LogP contribution is -2.27. The van der Waals surface area contributed by atoms with Crippen LogP contribution in [0.5, 0.6) is 0 Å². The average molecular weight is 212 g/mol. The van der Waals surface area contributed by atoms with Gasteiger partial charge in [0, 0.05) is 6.61 Å². The van der Waals surface area contributed by atoms with Crippen molar-refractivity contribution in [2.75, 3.05) is 19.7 Å². The molecule has 88 valence electrons. The minimum Gasteiger partial charge on any atom is -0.396 e. The molecule has 0 radical (unpaired) electrons. The van der Waals surface area contributed by atoms with Crippen LogP contribution in [0.3, 0.4) is 0 Å². The van der Waals surface area contributed by atoms with Gasteiger partial charge in [-0.2, -0.15) is 5.26 Å². The number of nitriles is 1.